The van der Waals surface area contributed by atoms with Gasteiger partial charge in [-0.1, -0.05) is 18.2 Å². The predicted octanol–water partition coefficient (Wildman–Crippen LogP) is 2.08. The third-order valence-electron chi connectivity index (χ3n) is 2.35. The van der Waals surface area contributed by atoms with Crippen LogP contribution >= 0.6 is 17.0 Å². The van der Waals surface area contributed by atoms with E-state index in [-0.39, 0.29) is 17.0 Å². The standard InChI is InChI=1S/C10H11NO2.BrH/c12-10(13)9-6-5-7-3-1-2-4-8(7)11-9;/h1-4,9,11H,5-6H2,(H,12,13);1H/t9-;/m1./s1. The minimum Gasteiger partial charge on any atom is -0.480 e. The van der Waals surface area contributed by atoms with Gasteiger partial charge >= 0.3 is 5.97 Å². The lowest BCUT2D eigenvalue weighted by Gasteiger charge is -2.23. The lowest BCUT2D eigenvalue weighted by atomic mass is 9.98. The Labute approximate surface area is 92.9 Å². The average molecular weight is 258 g/mol. The third kappa shape index (κ3) is 2.07. The molecule has 0 unspecified atom stereocenters. The molecule has 3 nitrogen and oxygen atoms in total. The second-order valence-electron chi connectivity index (χ2n) is 3.23. The first-order chi connectivity index (χ1) is 6.27. The number of halogens is 1. The highest BCUT2D eigenvalue weighted by molar-refractivity contribution is 8.93. The minimum atomic E-state index is -0.769. The number of carbonyl (C=O) groups is 1. The zero-order valence-electron chi connectivity index (χ0n) is 7.56. The average Bonchev–Trinajstić information content (AvgIpc) is 2.17. The normalized spacial score (nSPS) is 18.7. The number of carboxylic acids is 1. The van der Waals surface area contributed by atoms with E-state index in [1.54, 1.807) is 0 Å². The van der Waals surface area contributed by atoms with Crippen LogP contribution in [0.5, 0.6) is 0 Å². The van der Waals surface area contributed by atoms with Crippen LogP contribution in [0, 0.1) is 0 Å². The summed E-state index contributed by atoms with van der Waals surface area (Å²) in [7, 11) is 0. The SMILES string of the molecule is Br.O=C(O)[C@H]1CCc2ccccc2N1. The molecule has 14 heavy (non-hydrogen) atoms. The Morgan fingerprint density at radius 3 is 2.86 bits per heavy atom. The smallest absolute Gasteiger partial charge is 0.326 e. The Balaban J connectivity index is 0.000000980. The summed E-state index contributed by atoms with van der Waals surface area (Å²) in [6.45, 7) is 0. The van der Waals surface area contributed by atoms with Gasteiger partial charge in [0.05, 0.1) is 0 Å². The lowest BCUT2D eigenvalue weighted by Crippen LogP contribution is -2.33. The van der Waals surface area contributed by atoms with Crippen molar-refractivity contribution in [2.75, 3.05) is 5.32 Å². The van der Waals surface area contributed by atoms with Gasteiger partial charge in [0.25, 0.3) is 0 Å². The number of aryl methyl sites for hydroxylation is 1. The molecule has 1 heterocycles. The topological polar surface area (TPSA) is 49.3 Å². The Kier molecular flexibility index (Phi) is 3.52. The van der Waals surface area contributed by atoms with Crippen LogP contribution in [-0.2, 0) is 11.2 Å². The molecule has 0 saturated carbocycles. The van der Waals surface area contributed by atoms with E-state index in [9.17, 15) is 4.79 Å². The maximum absolute atomic E-state index is 10.7. The van der Waals surface area contributed by atoms with Crippen LogP contribution in [0.15, 0.2) is 24.3 Å². The first kappa shape index (κ1) is 11.0. The largest absolute Gasteiger partial charge is 0.480 e. The fraction of sp³-hybridized carbons (Fsp3) is 0.300. The molecule has 2 N–H and O–H groups in total. The summed E-state index contributed by atoms with van der Waals surface area (Å²) < 4.78 is 0. The molecular weight excluding hydrogens is 246 g/mol. The summed E-state index contributed by atoms with van der Waals surface area (Å²) >= 11 is 0. The van der Waals surface area contributed by atoms with E-state index < -0.39 is 12.0 Å². The van der Waals surface area contributed by atoms with Gasteiger partial charge in [-0.3, -0.25) is 0 Å². The Morgan fingerprint density at radius 1 is 1.43 bits per heavy atom. The summed E-state index contributed by atoms with van der Waals surface area (Å²) in [6, 6.07) is 7.41. The monoisotopic (exact) mass is 257 g/mol. The van der Waals surface area contributed by atoms with Gasteiger partial charge in [-0.15, -0.1) is 17.0 Å². The molecular formula is C10H12BrNO2. The van der Waals surface area contributed by atoms with Crippen molar-refractivity contribution >= 4 is 28.6 Å². The van der Waals surface area contributed by atoms with Crippen LogP contribution < -0.4 is 5.32 Å². The van der Waals surface area contributed by atoms with Crippen molar-refractivity contribution < 1.29 is 9.90 Å². The van der Waals surface area contributed by atoms with E-state index in [0.29, 0.717) is 6.42 Å². The highest BCUT2D eigenvalue weighted by Crippen LogP contribution is 2.23. The van der Waals surface area contributed by atoms with Crippen LogP contribution in [0.1, 0.15) is 12.0 Å². The van der Waals surface area contributed by atoms with Crippen LogP contribution in [0.4, 0.5) is 5.69 Å². The summed E-state index contributed by atoms with van der Waals surface area (Å²) in [5.41, 5.74) is 2.17. The van der Waals surface area contributed by atoms with E-state index in [4.69, 9.17) is 5.11 Å². The molecule has 76 valence electrons. The summed E-state index contributed by atoms with van der Waals surface area (Å²) in [5, 5.41) is 11.8. The number of hydrogen-bond acceptors (Lipinski definition) is 2. The van der Waals surface area contributed by atoms with Crippen molar-refractivity contribution in [2.45, 2.75) is 18.9 Å². The maximum Gasteiger partial charge on any atom is 0.326 e. The first-order valence-electron chi connectivity index (χ1n) is 4.34. The molecule has 0 radical (unpaired) electrons. The number of carboxylic acid groups (broad SMARTS) is 1. The molecule has 0 saturated heterocycles. The number of anilines is 1. The first-order valence-corrected chi connectivity index (χ1v) is 4.34. The van der Waals surface area contributed by atoms with Crippen LogP contribution in [0.25, 0.3) is 0 Å². The predicted molar refractivity (Wildman–Crippen MR) is 60.1 cm³/mol. The molecule has 2 rings (SSSR count). The maximum atomic E-state index is 10.7. The molecule has 0 fully saturated rings. The van der Waals surface area contributed by atoms with Crippen molar-refractivity contribution in [3.05, 3.63) is 29.8 Å². The Bertz CT molecular complexity index is 341. The highest BCUT2D eigenvalue weighted by Gasteiger charge is 2.22. The van der Waals surface area contributed by atoms with Crippen molar-refractivity contribution in [2.24, 2.45) is 0 Å². The fourth-order valence-electron chi connectivity index (χ4n) is 1.62. The minimum absolute atomic E-state index is 0. The number of benzene rings is 1. The number of aliphatic carboxylic acids is 1. The number of rotatable bonds is 1. The summed E-state index contributed by atoms with van der Waals surface area (Å²) in [5.74, 6) is -0.769. The molecule has 0 aromatic heterocycles. The Hall–Kier alpha value is -1.03. The molecule has 0 bridgehead atoms. The van der Waals surface area contributed by atoms with Crippen LogP contribution in [0.3, 0.4) is 0 Å². The van der Waals surface area contributed by atoms with Crippen LogP contribution in [0.2, 0.25) is 0 Å². The Morgan fingerprint density at radius 2 is 2.14 bits per heavy atom. The van der Waals surface area contributed by atoms with E-state index in [1.165, 1.54) is 5.56 Å². The van der Waals surface area contributed by atoms with E-state index in [0.717, 1.165) is 12.1 Å². The van der Waals surface area contributed by atoms with Gasteiger partial charge in [0.1, 0.15) is 6.04 Å². The number of nitrogens with one attached hydrogen (secondary N) is 1. The van der Waals surface area contributed by atoms with Crippen molar-refractivity contribution in [3.8, 4) is 0 Å². The summed E-state index contributed by atoms with van der Waals surface area (Å²) in [4.78, 5) is 10.7. The quantitative estimate of drug-likeness (QED) is 0.810. The second-order valence-corrected chi connectivity index (χ2v) is 3.23. The van der Waals surface area contributed by atoms with Gasteiger partial charge in [0.2, 0.25) is 0 Å². The van der Waals surface area contributed by atoms with E-state index in [2.05, 4.69) is 5.32 Å². The zero-order valence-corrected chi connectivity index (χ0v) is 9.28. The molecule has 0 amide bonds. The van der Waals surface area contributed by atoms with Gasteiger partial charge in [-0.2, -0.15) is 0 Å². The van der Waals surface area contributed by atoms with Gasteiger partial charge in [-0.25, -0.2) is 4.79 Å². The highest BCUT2D eigenvalue weighted by atomic mass is 79.9. The van der Waals surface area contributed by atoms with Gasteiger partial charge in [0, 0.05) is 5.69 Å². The zero-order chi connectivity index (χ0) is 9.26. The van der Waals surface area contributed by atoms with E-state index >= 15 is 0 Å². The van der Waals surface area contributed by atoms with Gasteiger partial charge < -0.3 is 10.4 Å². The fourth-order valence-corrected chi connectivity index (χ4v) is 1.62. The molecule has 1 aromatic rings. The molecule has 1 aliphatic heterocycles. The van der Waals surface area contributed by atoms with Gasteiger partial charge in [0.15, 0.2) is 0 Å². The molecule has 1 aliphatic rings. The molecule has 0 aliphatic carbocycles. The summed E-state index contributed by atoms with van der Waals surface area (Å²) in [6.07, 6.45) is 1.52. The number of hydrogen-bond donors (Lipinski definition) is 2. The van der Waals surface area contributed by atoms with Crippen molar-refractivity contribution in [1.82, 2.24) is 0 Å². The molecule has 4 heteroatoms. The molecule has 1 atom stereocenters. The second kappa shape index (κ2) is 4.46. The molecule has 1 aromatic carbocycles. The molecule has 0 spiro atoms. The van der Waals surface area contributed by atoms with Crippen molar-refractivity contribution in [1.29, 1.82) is 0 Å². The number of para-hydroxylation sites is 1. The van der Waals surface area contributed by atoms with E-state index in [1.807, 2.05) is 24.3 Å². The van der Waals surface area contributed by atoms with Gasteiger partial charge in [-0.05, 0) is 24.5 Å². The van der Waals surface area contributed by atoms with Crippen LogP contribution in [-0.4, -0.2) is 17.1 Å². The lowest BCUT2D eigenvalue weighted by molar-refractivity contribution is -0.138. The number of fused-ring (bicyclic) bond motifs is 1. The third-order valence-corrected chi connectivity index (χ3v) is 2.35. The van der Waals surface area contributed by atoms with Crippen molar-refractivity contribution in [3.63, 3.8) is 0 Å².